The van der Waals surface area contributed by atoms with Gasteiger partial charge in [0, 0.05) is 18.2 Å². The van der Waals surface area contributed by atoms with E-state index in [4.69, 9.17) is 4.74 Å². The lowest BCUT2D eigenvalue weighted by molar-refractivity contribution is -0.112. The molecule has 0 atom stereocenters. The number of aldehydes is 1. The van der Waals surface area contributed by atoms with Gasteiger partial charge in [-0.3, -0.25) is 0 Å². The highest BCUT2D eigenvalue weighted by molar-refractivity contribution is 5.53. The molecule has 1 fully saturated rings. The highest BCUT2D eigenvalue weighted by atomic mass is 16.5. The molecule has 0 aromatic carbocycles. The predicted molar refractivity (Wildman–Crippen MR) is 66.1 cm³/mol. The van der Waals surface area contributed by atoms with Crippen LogP contribution in [0.15, 0.2) is 18.3 Å². The number of pyridine rings is 1. The quantitative estimate of drug-likeness (QED) is 0.751. The van der Waals surface area contributed by atoms with Crippen LogP contribution in [0.5, 0.6) is 5.88 Å². The van der Waals surface area contributed by atoms with Gasteiger partial charge in [0.05, 0.1) is 0 Å². The minimum absolute atomic E-state index is 0.228. The molecule has 1 aromatic heterocycles. The van der Waals surface area contributed by atoms with Crippen LogP contribution in [0.3, 0.4) is 0 Å². The number of aryl methyl sites for hydroxylation is 1. The molecule has 17 heavy (non-hydrogen) atoms. The molecule has 0 unspecified atom stereocenters. The molecule has 0 saturated heterocycles. The molecule has 1 aromatic rings. The van der Waals surface area contributed by atoms with Crippen LogP contribution >= 0.6 is 0 Å². The van der Waals surface area contributed by atoms with E-state index in [1.807, 2.05) is 12.3 Å². The average molecular weight is 233 g/mol. The predicted octanol–water partition coefficient (Wildman–Crippen LogP) is 2.78. The van der Waals surface area contributed by atoms with Crippen molar-refractivity contribution in [1.82, 2.24) is 4.98 Å². The SMILES string of the molecule is CCc1ccc(O[C@H]2CC[C@H](C=O)CC2)nc1. The fourth-order valence-electron chi connectivity index (χ4n) is 2.20. The lowest BCUT2D eigenvalue weighted by atomic mass is 9.88. The lowest BCUT2D eigenvalue weighted by Gasteiger charge is -2.25. The number of nitrogens with zero attached hydrogens (tertiary/aromatic N) is 1. The van der Waals surface area contributed by atoms with E-state index in [1.165, 1.54) is 5.56 Å². The van der Waals surface area contributed by atoms with E-state index in [9.17, 15) is 4.79 Å². The minimum atomic E-state index is 0.228. The summed E-state index contributed by atoms with van der Waals surface area (Å²) in [5.41, 5.74) is 1.22. The molecule has 3 nitrogen and oxygen atoms in total. The van der Waals surface area contributed by atoms with Gasteiger partial charge >= 0.3 is 0 Å². The average Bonchev–Trinajstić information content (AvgIpc) is 2.40. The highest BCUT2D eigenvalue weighted by Gasteiger charge is 2.22. The Labute approximate surface area is 102 Å². The monoisotopic (exact) mass is 233 g/mol. The standard InChI is InChI=1S/C14H19NO2/c1-2-11-5-8-14(15-9-11)17-13-6-3-12(10-16)4-7-13/h5,8-10,12-13H,2-4,6-7H2,1H3/t12-,13-. The third-order valence-corrected chi connectivity index (χ3v) is 3.40. The summed E-state index contributed by atoms with van der Waals surface area (Å²) >= 11 is 0. The maximum Gasteiger partial charge on any atom is 0.213 e. The van der Waals surface area contributed by atoms with Crippen molar-refractivity contribution in [2.24, 2.45) is 5.92 Å². The van der Waals surface area contributed by atoms with Crippen molar-refractivity contribution in [1.29, 1.82) is 0 Å². The largest absolute Gasteiger partial charge is 0.474 e. The lowest BCUT2D eigenvalue weighted by Crippen LogP contribution is -2.24. The fourth-order valence-corrected chi connectivity index (χ4v) is 2.20. The van der Waals surface area contributed by atoms with E-state index in [1.54, 1.807) is 0 Å². The van der Waals surface area contributed by atoms with Gasteiger partial charge in [-0.25, -0.2) is 4.98 Å². The second-order valence-corrected chi connectivity index (χ2v) is 4.65. The molecule has 0 radical (unpaired) electrons. The zero-order valence-corrected chi connectivity index (χ0v) is 10.3. The van der Waals surface area contributed by atoms with Crippen molar-refractivity contribution in [2.45, 2.75) is 45.1 Å². The first-order chi connectivity index (χ1) is 8.31. The third kappa shape index (κ3) is 3.29. The summed E-state index contributed by atoms with van der Waals surface area (Å²) in [4.78, 5) is 14.9. The first kappa shape index (κ1) is 12.1. The number of carbonyl (C=O) groups is 1. The Hall–Kier alpha value is -1.38. The van der Waals surface area contributed by atoms with Gasteiger partial charge in [0.25, 0.3) is 0 Å². The molecule has 1 aliphatic carbocycles. The summed E-state index contributed by atoms with van der Waals surface area (Å²) in [6, 6.07) is 3.99. The Bertz CT molecular complexity index is 353. The van der Waals surface area contributed by atoms with Gasteiger partial charge in [0.2, 0.25) is 5.88 Å². The van der Waals surface area contributed by atoms with E-state index >= 15 is 0 Å². The van der Waals surface area contributed by atoms with Gasteiger partial charge in [-0.1, -0.05) is 13.0 Å². The van der Waals surface area contributed by atoms with E-state index < -0.39 is 0 Å². The molecule has 3 heteroatoms. The maximum atomic E-state index is 10.6. The zero-order valence-electron chi connectivity index (χ0n) is 10.3. The summed E-state index contributed by atoms with van der Waals surface area (Å²) < 4.78 is 5.82. The van der Waals surface area contributed by atoms with Gasteiger partial charge in [0.1, 0.15) is 12.4 Å². The smallest absolute Gasteiger partial charge is 0.213 e. The van der Waals surface area contributed by atoms with E-state index in [0.717, 1.165) is 38.4 Å². The molecular weight excluding hydrogens is 214 g/mol. The zero-order chi connectivity index (χ0) is 12.1. The van der Waals surface area contributed by atoms with Gasteiger partial charge < -0.3 is 9.53 Å². The number of ether oxygens (including phenoxy) is 1. The van der Waals surface area contributed by atoms with Gasteiger partial charge in [-0.15, -0.1) is 0 Å². The van der Waals surface area contributed by atoms with Gasteiger partial charge in [0.15, 0.2) is 0 Å². The number of carbonyl (C=O) groups excluding carboxylic acids is 1. The summed E-state index contributed by atoms with van der Waals surface area (Å²) in [6.07, 6.45) is 7.98. The van der Waals surface area contributed by atoms with Crippen molar-refractivity contribution in [3.63, 3.8) is 0 Å². The van der Waals surface area contributed by atoms with Crippen molar-refractivity contribution in [2.75, 3.05) is 0 Å². The normalized spacial score (nSPS) is 24.3. The molecule has 0 amide bonds. The Balaban J connectivity index is 1.86. The van der Waals surface area contributed by atoms with Gasteiger partial charge in [-0.2, -0.15) is 0 Å². The highest BCUT2D eigenvalue weighted by Crippen LogP contribution is 2.25. The van der Waals surface area contributed by atoms with Crippen LogP contribution in [0.4, 0.5) is 0 Å². The maximum absolute atomic E-state index is 10.6. The number of hydrogen-bond donors (Lipinski definition) is 0. The molecule has 2 rings (SSSR count). The van der Waals surface area contributed by atoms with Crippen LogP contribution in [0.2, 0.25) is 0 Å². The van der Waals surface area contributed by atoms with Gasteiger partial charge in [-0.05, 0) is 37.7 Å². The van der Waals surface area contributed by atoms with Crippen molar-refractivity contribution in [3.8, 4) is 5.88 Å². The van der Waals surface area contributed by atoms with Crippen LogP contribution in [0.1, 0.15) is 38.2 Å². The fraction of sp³-hybridized carbons (Fsp3) is 0.571. The number of hydrogen-bond acceptors (Lipinski definition) is 3. The van der Waals surface area contributed by atoms with Crippen LogP contribution in [-0.2, 0) is 11.2 Å². The molecule has 1 saturated carbocycles. The Morgan fingerprint density at radius 3 is 2.65 bits per heavy atom. The van der Waals surface area contributed by atoms with Crippen LogP contribution in [0, 0.1) is 5.92 Å². The Kier molecular flexibility index (Phi) is 4.13. The molecule has 0 bridgehead atoms. The van der Waals surface area contributed by atoms with E-state index in [0.29, 0.717) is 5.88 Å². The molecule has 0 aliphatic heterocycles. The summed E-state index contributed by atoms with van der Waals surface area (Å²) in [5.74, 6) is 0.946. The summed E-state index contributed by atoms with van der Waals surface area (Å²) in [6.45, 7) is 2.11. The minimum Gasteiger partial charge on any atom is -0.474 e. The van der Waals surface area contributed by atoms with E-state index in [-0.39, 0.29) is 12.0 Å². The molecule has 0 spiro atoms. The van der Waals surface area contributed by atoms with E-state index in [2.05, 4.69) is 18.0 Å². The third-order valence-electron chi connectivity index (χ3n) is 3.40. The van der Waals surface area contributed by atoms with Crippen LogP contribution in [0.25, 0.3) is 0 Å². The molecule has 1 aliphatic rings. The Morgan fingerprint density at radius 1 is 1.35 bits per heavy atom. The summed E-state index contributed by atoms with van der Waals surface area (Å²) in [7, 11) is 0. The molecule has 0 N–H and O–H groups in total. The van der Waals surface area contributed by atoms with Crippen LogP contribution < -0.4 is 4.74 Å². The summed E-state index contributed by atoms with van der Waals surface area (Å²) in [5, 5.41) is 0. The first-order valence-corrected chi connectivity index (χ1v) is 6.38. The number of rotatable bonds is 4. The number of aromatic nitrogens is 1. The molecule has 1 heterocycles. The topological polar surface area (TPSA) is 39.2 Å². The van der Waals surface area contributed by atoms with Crippen LogP contribution in [-0.4, -0.2) is 17.4 Å². The second-order valence-electron chi connectivity index (χ2n) is 4.65. The van der Waals surface area contributed by atoms with Crippen molar-refractivity contribution in [3.05, 3.63) is 23.9 Å². The van der Waals surface area contributed by atoms with Crippen molar-refractivity contribution < 1.29 is 9.53 Å². The molecular formula is C14H19NO2. The second kappa shape index (κ2) is 5.80. The first-order valence-electron chi connectivity index (χ1n) is 6.38. The van der Waals surface area contributed by atoms with Crippen molar-refractivity contribution >= 4 is 6.29 Å². The molecule has 92 valence electrons. The Morgan fingerprint density at radius 2 is 2.12 bits per heavy atom.